The summed E-state index contributed by atoms with van der Waals surface area (Å²) in [6.45, 7) is 1.27. The van der Waals surface area contributed by atoms with Gasteiger partial charge in [0.1, 0.15) is 17.9 Å². The van der Waals surface area contributed by atoms with E-state index in [1.165, 1.54) is 19.1 Å². The summed E-state index contributed by atoms with van der Waals surface area (Å²) in [4.78, 5) is 42.5. The van der Waals surface area contributed by atoms with Gasteiger partial charge in [-0.15, -0.1) is 13.2 Å². The third-order valence-corrected chi connectivity index (χ3v) is 5.30. The van der Waals surface area contributed by atoms with Gasteiger partial charge in [-0.2, -0.15) is 0 Å². The van der Waals surface area contributed by atoms with Gasteiger partial charge in [0, 0.05) is 12.6 Å². The number of carbonyl (C=O) groups excluding carboxylic acids is 3. The van der Waals surface area contributed by atoms with Gasteiger partial charge in [-0.05, 0) is 42.3 Å². The zero-order valence-corrected chi connectivity index (χ0v) is 20.4. The minimum absolute atomic E-state index is 0.0358. The van der Waals surface area contributed by atoms with Crippen molar-refractivity contribution < 1.29 is 37.0 Å². The van der Waals surface area contributed by atoms with Gasteiger partial charge in [-0.3, -0.25) is 19.4 Å². The standard InChI is InChI=1S/C27H26F3N3O5/c1-18(37-17-20-10-7-12-22(14-20)38-27(28,29)30)25(35)33-23(15-19-8-3-2-4-9-19)24(34)26(36)32-16-21-11-5-6-13-31-21/h2-14,18,23H,15-17H2,1H3,(H,32,36)(H,33,35)/t18-,23-/m1/s1. The smallest absolute Gasteiger partial charge is 0.406 e. The van der Waals surface area contributed by atoms with Crippen molar-refractivity contribution in [2.75, 3.05) is 0 Å². The average molecular weight is 530 g/mol. The Balaban J connectivity index is 1.62. The van der Waals surface area contributed by atoms with E-state index in [-0.39, 0.29) is 19.6 Å². The van der Waals surface area contributed by atoms with E-state index in [1.807, 2.05) is 0 Å². The Morgan fingerprint density at radius 3 is 2.34 bits per heavy atom. The summed E-state index contributed by atoms with van der Waals surface area (Å²) in [5.41, 5.74) is 1.62. The second-order valence-corrected chi connectivity index (χ2v) is 8.27. The Morgan fingerprint density at radius 2 is 1.66 bits per heavy atom. The molecule has 0 spiro atoms. The highest BCUT2D eigenvalue weighted by Crippen LogP contribution is 2.23. The molecule has 0 aliphatic carbocycles. The van der Waals surface area contributed by atoms with E-state index < -0.39 is 41.9 Å². The van der Waals surface area contributed by atoms with Crippen molar-refractivity contribution >= 4 is 17.6 Å². The van der Waals surface area contributed by atoms with Crippen LogP contribution < -0.4 is 15.4 Å². The number of amides is 2. The number of benzene rings is 2. The number of aromatic nitrogens is 1. The van der Waals surface area contributed by atoms with Crippen LogP contribution in [0.25, 0.3) is 0 Å². The van der Waals surface area contributed by atoms with Crippen LogP contribution in [0.1, 0.15) is 23.7 Å². The predicted octanol–water partition coefficient (Wildman–Crippen LogP) is 3.50. The number of hydrogen-bond donors (Lipinski definition) is 2. The maximum atomic E-state index is 13.0. The molecule has 0 saturated heterocycles. The lowest BCUT2D eigenvalue weighted by Crippen LogP contribution is -2.51. The Morgan fingerprint density at radius 1 is 0.947 bits per heavy atom. The molecule has 2 aromatic carbocycles. The van der Waals surface area contributed by atoms with Crippen molar-refractivity contribution in [1.82, 2.24) is 15.6 Å². The number of rotatable bonds is 12. The fourth-order valence-electron chi connectivity index (χ4n) is 3.40. The van der Waals surface area contributed by atoms with Crippen LogP contribution in [0.5, 0.6) is 5.75 Å². The molecule has 3 rings (SSSR count). The summed E-state index contributed by atoms with van der Waals surface area (Å²) in [5.74, 6) is -2.81. The minimum atomic E-state index is -4.84. The number of alkyl halides is 3. The third kappa shape index (κ3) is 9.32. The van der Waals surface area contributed by atoms with Gasteiger partial charge in [0.25, 0.3) is 5.91 Å². The van der Waals surface area contributed by atoms with Crippen molar-refractivity contribution in [2.45, 2.75) is 45.0 Å². The molecule has 2 atom stereocenters. The van der Waals surface area contributed by atoms with Crippen LogP contribution in [0.3, 0.4) is 0 Å². The van der Waals surface area contributed by atoms with Crippen LogP contribution in [0, 0.1) is 0 Å². The molecule has 2 N–H and O–H groups in total. The van der Waals surface area contributed by atoms with Crippen LogP contribution in [-0.4, -0.2) is 41.1 Å². The largest absolute Gasteiger partial charge is 0.573 e. The summed E-state index contributed by atoms with van der Waals surface area (Å²) in [5, 5.41) is 5.07. The summed E-state index contributed by atoms with van der Waals surface area (Å²) in [7, 11) is 0. The van der Waals surface area contributed by atoms with Crippen LogP contribution in [0.2, 0.25) is 0 Å². The number of halogens is 3. The van der Waals surface area contributed by atoms with Crippen molar-refractivity contribution in [1.29, 1.82) is 0 Å². The first kappa shape index (κ1) is 28.3. The van der Waals surface area contributed by atoms with Crippen molar-refractivity contribution in [3.63, 3.8) is 0 Å². The first-order valence-electron chi connectivity index (χ1n) is 11.6. The molecular weight excluding hydrogens is 503 g/mol. The molecule has 1 aromatic heterocycles. The zero-order chi connectivity index (χ0) is 27.5. The van der Waals surface area contributed by atoms with Crippen molar-refractivity contribution in [3.8, 4) is 5.75 Å². The van der Waals surface area contributed by atoms with E-state index in [0.29, 0.717) is 11.3 Å². The highest BCUT2D eigenvalue weighted by atomic mass is 19.4. The first-order valence-corrected chi connectivity index (χ1v) is 11.6. The molecule has 8 nitrogen and oxygen atoms in total. The topological polar surface area (TPSA) is 107 Å². The molecule has 38 heavy (non-hydrogen) atoms. The van der Waals surface area contributed by atoms with E-state index in [1.54, 1.807) is 54.7 Å². The van der Waals surface area contributed by atoms with Crippen molar-refractivity contribution in [2.24, 2.45) is 0 Å². The minimum Gasteiger partial charge on any atom is -0.406 e. The molecule has 1 heterocycles. The van der Waals surface area contributed by atoms with E-state index >= 15 is 0 Å². The van der Waals surface area contributed by atoms with Gasteiger partial charge < -0.3 is 20.1 Å². The zero-order valence-electron chi connectivity index (χ0n) is 20.4. The normalized spacial score (nSPS) is 12.7. The molecule has 0 saturated carbocycles. The maximum absolute atomic E-state index is 13.0. The van der Waals surface area contributed by atoms with Crippen LogP contribution >= 0.6 is 0 Å². The summed E-state index contributed by atoms with van der Waals surface area (Å²) in [6.07, 6.45) is -4.30. The highest BCUT2D eigenvalue weighted by molar-refractivity contribution is 6.38. The molecule has 3 aromatic rings. The molecule has 2 amide bonds. The molecule has 0 aliphatic heterocycles. The number of pyridine rings is 1. The van der Waals surface area contributed by atoms with Gasteiger partial charge in [-0.1, -0.05) is 48.5 Å². The SMILES string of the molecule is C[C@@H](OCc1cccc(OC(F)(F)F)c1)C(=O)N[C@H](Cc1ccccc1)C(=O)C(=O)NCc1ccccn1. The van der Waals surface area contributed by atoms with Crippen LogP contribution in [0.15, 0.2) is 79.0 Å². The molecule has 0 aliphatic rings. The summed E-state index contributed by atoms with van der Waals surface area (Å²) < 4.78 is 46.8. The second-order valence-electron chi connectivity index (χ2n) is 8.27. The highest BCUT2D eigenvalue weighted by Gasteiger charge is 2.31. The number of carbonyl (C=O) groups is 3. The van der Waals surface area contributed by atoms with E-state index in [4.69, 9.17) is 4.74 Å². The molecule has 0 radical (unpaired) electrons. The van der Waals surface area contributed by atoms with E-state index in [2.05, 4.69) is 20.4 Å². The molecular formula is C27H26F3N3O5. The fraction of sp³-hybridized carbons (Fsp3) is 0.259. The Bertz CT molecular complexity index is 1220. The lowest BCUT2D eigenvalue weighted by molar-refractivity contribution is -0.274. The number of ketones is 1. The number of nitrogens with one attached hydrogen (secondary N) is 2. The quantitative estimate of drug-likeness (QED) is 0.348. The lowest BCUT2D eigenvalue weighted by Gasteiger charge is -2.20. The monoisotopic (exact) mass is 529 g/mol. The molecule has 0 bridgehead atoms. The Hall–Kier alpha value is -4.25. The van der Waals surface area contributed by atoms with Gasteiger partial charge in [0.2, 0.25) is 11.7 Å². The average Bonchev–Trinajstić information content (AvgIpc) is 2.90. The number of Topliss-reactive ketones (excluding diaryl/α,β-unsaturated/α-hetero) is 1. The first-order chi connectivity index (χ1) is 18.1. The molecule has 200 valence electrons. The number of ether oxygens (including phenoxy) is 2. The van der Waals surface area contributed by atoms with Crippen molar-refractivity contribution in [3.05, 3.63) is 95.8 Å². The van der Waals surface area contributed by atoms with Crippen LogP contribution in [0.4, 0.5) is 13.2 Å². The predicted molar refractivity (Wildman–Crippen MR) is 131 cm³/mol. The summed E-state index contributed by atoms with van der Waals surface area (Å²) in [6, 6.07) is 18.0. The fourth-order valence-corrected chi connectivity index (χ4v) is 3.40. The second kappa shape index (κ2) is 13.3. The number of hydrogen-bond acceptors (Lipinski definition) is 6. The van der Waals surface area contributed by atoms with E-state index in [9.17, 15) is 27.6 Å². The van der Waals surface area contributed by atoms with Crippen LogP contribution in [-0.2, 0) is 38.7 Å². The molecule has 11 heteroatoms. The van der Waals surface area contributed by atoms with Gasteiger partial charge in [0.15, 0.2) is 0 Å². The maximum Gasteiger partial charge on any atom is 0.573 e. The Kier molecular flexibility index (Phi) is 9.94. The summed E-state index contributed by atoms with van der Waals surface area (Å²) >= 11 is 0. The van der Waals surface area contributed by atoms with E-state index in [0.717, 1.165) is 17.7 Å². The lowest BCUT2D eigenvalue weighted by atomic mass is 10.0. The van der Waals surface area contributed by atoms with Gasteiger partial charge in [-0.25, -0.2) is 0 Å². The van der Waals surface area contributed by atoms with Gasteiger partial charge in [0.05, 0.1) is 18.8 Å². The third-order valence-electron chi connectivity index (χ3n) is 5.30. The van der Waals surface area contributed by atoms with Gasteiger partial charge >= 0.3 is 6.36 Å². The molecule has 0 fully saturated rings. The Labute approximate surface area is 217 Å². The number of nitrogens with zero attached hydrogens (tertiary/aromatic N) is 1. The molecule has 0 unspecified atom stereocenters.